The van der Waals surface area contributed by atoms with Gasteiger partial charge in [0.25, 0.3) is 5.91 Å². The van der Waals surface area contributed by atoms with Crippen molar-refractivity contribution in [3.8, 4) is 5.75 Å². The number of aryl methyl sites for hydroxylation is 1. The maximum atomic E-state index is 13.5. The zero-order valence-electron chi connectivity index (χ0n) is 18.2. The minimum atomic E-state index is -0.348. The zero-order chi connectivity index (χ0) is 22.6. The summed E-state index contributed by atoms with van der Waals surface area (Å²) in [6.07, 6.45) is 2.91. The summed E-state index contributed by atoms with van der Waals surface area (Å²) in [5.74, 6) is 0.334. The molecule has 3 aromatic carbocycles. The van der Waals surface area contributed by atoms with E-state index in [2.05, 4.69) is 16.8 Å². The number of halogens is 1. The van der Waals surface area contributed by atoms with E-state index < -0.39 is 0 Å². The van der Waals surface area contributed by atoms with Crippen molar-refractivity contribution in [3.05, 3.63) is 125 Å². The monoisotopic (exact) mass is 440 g/mol. The van der Waals surface area contributed by atoms with Crippen LogP contribution < -0.4 is 4.74 Å². The van der Waals surface area contributed by atoms with Crippen molar-refractivity contribution < 1.29 is 13.9 Å². The van der Waals surface area contributed by atoms with Gasteiger partial charge in [-0.2, -0.15) is 0 Å². The van der Waals surface area contributed by atoms with Crippen LogP contribution >= 0.6 is 0 Å². The molecule has 5 heteroatoms. The lowest BCUT2D eigenvalue weighted by Crippen LogP contribution is -2.35. The molecule has 1 unspecified atom stereocenters. The summed E-state index contributed by atoms with van der Waals surface area (Å²) in [6.45, 7) is 1.97. The molecule has 4 aromatic rings. The van der Waals surface area contributed by atoms with Crippen LogP contribution in [-0.4, -0.2) is 21.9 Å². The van der Waals surface area contributed by atoms with Crippen LogP contribution in [0, 0.1) is 5.82 Å². The molecule has 0 radical (unpaired) electrons. The van der Waals surface area contributed by atoms with Crippen LogP contribution in [0.4, 0.5) is 4.39 Å². The topological polar surface area (TPSA) is 34.5 Å². The summed E-state index contributed by atoms with van der Waals surface area (Å²) in [6, 6.07) is 27.6. The van der Waals surface area contributed by atoms with E-state index in [-0.39, 0.29) is 17.8 Å². The number of hydrogen-bond donors (Lipinski definition) is 0. The number of amides is 1. The third kappa shape index (κ3) is 4.53. The summed E-state index contributed by atoms with van der Waals surface area (Å²) in [5, 5.41) is 0. The van der Waals surface area contributed by atoms with Gasteiger partial charge in [0.15, 0.2) is 0 Å². The van der Waals surface area contributed by atoms with E-state index in [1.807, 2.05) is 65.6 Å². The van der Waals surface area contributed by atoms with E-state index in [4.69, 9.17) is 4.74 Å². The molecule has 1 aliphatic heterocycles. The molecule has 0 bridgehead atoms. The van der Waals surface area contributed by atoms with Crippen molar-refractivity contribution in [1.82, 2.24) is 9.47 Å². The Balaban J connectivity index is 1.43. The zero-order valence-corrected chi connectivity index (χ0v) is 18.2. The molecular weight excluding hydrogens is 415 g/mol. The number of fused-ring (bicyclic) bond motifs is 1. The molecule has 1 aromatic heterocycles. The fourth-order valence-electron chi connectivity index (χ4n) is 4.39. The standard InChI is InChI=1S/C28H25FN2O2/c29-24-13-9-23(10-14-24)28(32)31-19-5-18-30-17-4-8-26(30)27(31)22-11-15-25(16-12-22)33-20-21-6-2-1-3-7-21/h1-4,6-17,27H,5,18-20H2. The molecule has 1 atom stereocenters. The SMILES string of the molecule is O=C(c1ccc(F)cc1)N1CCCn2cccc2C1c1ccc(OCc2ccccc2)cc1. The van der Waals surface area contributed by atoms with Gasteiger partial charge in [0.2, 0.25) is 0 Å². The lowest BCUT2D eigenvalue weighted by atomic mass is 10.0. The van der Waals surface area contributed by atoms with Crippen LogP contribution in [0.15, 0.2) is 97.2 Å². The molecule has 1 amide bonds. The van der Waals surface area contributed by atoms with E-state index in [1.54, 1.807) is 12.1 Å². The summed E-state index contributed by atoms with van der Waals surface area (Å²) < 4.78 is 21.6. The molecule has 0 saturated heterocycles. The van der Waals surface area contributed by atoms with E-state index in [0.717, 1.165) is 35.5 Å². The van der Waals surface area contributed by atoms with Crippen LogP contribution in [0.2, 0.25) is 0 Å². The second-order valence-corrected chi connectivity index (χ2v) is 8.23. The Morgan fingerprint density at radius 2 is 1.64 bits per heavy atom. The number of rotatable bonds is 5. The average molecular weight is 441 g/mol. The van der Waals surface area contributed by atoms with Gasteiger partial charge in [-0.25, -0.2) is 4.39 Å². The summed E-state index contributed by atoms with van der Waals surface area (Å²) >= 11 is 0. The first-order valence-electron chi connectivity index (χ1n) is 11.2. The maximum absolute atomic E-state index is 13.5. The Kier molecular flexibility index (Phi) is 5.94. The predicted octanol–water partition coefficient (Wildman–Crippen LogP) is 5.84. The van der Waals surface area contributed by atoms with Crippen molar-refractivity contribution in [2.75, 3.05) is 6.54 Å². The highest BCUT2D eigenvalue weighted by molar-refractivity contribution is 5.94. The highest BCUT2D eigenvalue weighted by Crippen LogP contribution is 2.34. The fraction of sp³-hybridized carbons (Fsp3) is 0.179. The van der Waals surface area contributed by atoms with Crippen molar-refractivity contribution in [1.29, 1.82) is 0 Å². The highest BCUT2D eigenvalue weighted by Gasteiger charge is 2.31. The molecular formula is C28H25FN2O2. The molecule has 4 nitrogen and oxygen atoms in total. The molecule has 0 spiro atoms. The normalized spacial score (nSPS) is 15.5. The van der Waals surface area contributed by atoms with Gasteiger partial charge in [-0.3, -0.25) is 4.79 Å². The van der Waals surface area contributed by atoms with E-state index in [1.165, 1.54) is 12.1 Å². The lowest BCUT2D eigenvalue weighted by molar-refractivity contribution is 0.0709. The van der Waals surface area contributed by atoms with Crippen molar-refractivity contribution >= 4 is 5.91 Å². The van der Waals surface area contributed by atoms with Crippen LogP contribution in [0.3, 0.4) is 0 Å². The maximum Gasteiger partial charge on any atom is 0.254 e. The van der Waals surface area contributed by atoms with Crippen LogP contribution in [-0.2, 0) is 13.2 Å². The number of benzene rings is 3. The van der Waals surface area contributed by atoms with Crippen LogP contribution in [0.5, 0.6) is 5.75 Å². The van der Waals surface area contributed by atoms with Gasteiger partial charge >= 0.3 is 0 Å². The Morgan fingerprint density at radius 3 is 2.39 bits per heavy atom. The molecule has 0 saturated carbocycles. The van der Waals surface area contributed by atoms with Crippen molar-refractivity contribution in [2.24, 2.45) is 0 Å². The minimum absolute atomic E-state index is 0.0981. The molecule has 1 aliphatic rings. The number of carbonyl (C=O) groups excluding carboxylic acids is 1. The van der Waals surface area contributed by atoms with Gasteiger partial charge < -0.3 is 14.2 Å². The summed E-state index contributed by atoms with van der Waals surface area (Å²) in [5.41, 5.74) is 3.68. The highest BCUT2D eigenvalue weighted by atomic mass is 19.1. The Bertz CT molecular complexity index is 1220. The first kappa shape index (κ1) is 21.0. The number of aromatic nitrogens is 1. The molecule has 0 fully saturated rings. The molecule has 5 rings (SSSR count). The first-order valence-corrected chi connectivity index (χ1v) is 11.2. The Morgan fingerprint density at radius 1 is 0.879 bits per heavy atom. The second-order valence-electron chi connectivity index (χ2n) is 8.23. The number of carbonyl (C=O) groups is 1. The van der Waals surface area contributed by atoms with Gasteiger partial charge in [0.1, 0.15) is 18.2 Å². The van der Waals surface area contributed by atoms with Crippen LogP contribution in [0.25, 0.3) is 0 Å². The number of ether oxygens (including phenoxy) is 1. The van der Waals surface area contributed by atoms with Gasteiger partial charge in [-0.15, -0.1) is 0 Å². The van der Waals surface area contributed by atoms with Crippen LogP contribution in [0.1, 0.15) is 39.6 Å². The third-order valence-electron chi connectivity index (χ3n) is 6.05. The van der Waals surface area contributed by atoms with E-state index >= 15 is 0 Å². The van der Waals surface area contributed by atoms with Crippen molar-refractivity contribution in [3.63, 3.8) is 0 Å². The van der Waals surface area contributed by atoms with Gasteiger partial charge in [0, 0.05) is 30.5 Å². The Labute approximate surface area is 192 Å². The van der Waals surface area contributed by atoms with E-state index in [0.29, 0.717) is 18.7 Å². The number of hydrogen-bond acceptors (Lipinski definition) is 2. The molecule has 33 heavy (non-hydrogen) atoms. The minimum Gasteiger partial charge on any atom is -0.489 e. The fourth-order valence-corrected chi connectivity index (χ4v) is 4.39. The van der Waals surface area contributed by atoms with Gasteiger partial charge in [-0.05, 0) is 66.1 Å². The quantitative estimate of drug-likeness (QED) is 0.391. The van der Waals surface area contributed by atoms with Gasteiger partial charge in [0.05, 0.1) is 6.04 Å². The van der Waals surface area contributed by atoms with Gasteiger partial charge in [-0.1, -0.05) is 42.5 Å². The molecule has 2 heterocycles. The molecule has 0 aliphatic carbocycles. The third-order valence-corrected chi connectivity index (χ3v) is 6.05. The number of nitrogens with zero attached hydrogens (tertiary/aromatic N) is 2. The lowest BCUT2D eigenvalue weighted by Gasteiger charge is -2.31. The molecule has 166 valence electrons. The Hall–Kier alpha value is -3.86. The second kappa shape index (κ2) is 9.33. The summed E-state index contributed by atoms with van der Waals surface area (Å²) in [4.78, 5) is 15.4. The summed E-state index contributed by atoms with van der Waals surface area (Å²) in [7, 11) is 0. The van der Waals surface area contributed by atoms with Crippen molar-refractivity contribution in [2.45, 2.75) is 25.6 Å². The van der Waals surface area contributed by atoms with E-state index in [9.17, 15) is 9.18 Å². The smallest absolute Gasteiger partial charge is 0.254 e. The first-order chi connectivity index (χ1) is 16.2. The average Bonchev–Trinajstić information content (AvgIpc) is 3.24. The predicted molar refractivity (Wildman–Crippen MR) is 126 cm³/mol. The molecule has 0 N–H and O–H groups in total. The largest absolute Gasteiger partial charge is 0.489 e.